The Kier molecular flexibility index (Phi) is 17.2. The van der Waals surface area contributed by atoms with Gasteiger partial charge in [0.05, 0.1) is 0 Å². The summed E-state index contributed by atoms with van der Waals surface area (Å²) in [6, 6.07) is 1.72. The second-order valence-electron chi connectivity index (χ2n) is 3.84. The fraction of sp³-hybridized carbons (Fsp3) is 0.286. The van der Waals surface area contributed by atoms with Gasteiger partial charge in [0.2, 0.25) is 5.95 Å². The van der Waals surface area contributed by atoms with Crippen LogP contribution in [0.5, 0.6) is 0 Å². The van der Waals surface area contributed by atoms with E-state index in [1.54, 1.807) is 18.5 Å². The molecule has 0 fully saturated rings. The van der Waals surface area contributed by atoms with E-state index in [0.29, 0.717) is 5.95 Å². The number of nitrogen functional groups attached to an aromatic ring is 1. The molecule has 0 aliphatic rings. The van der Waals surface area contributed by atoms with Crippen LogP contribution in [0.3, 0.4) is 0 Å². The fourth-order valence-corrected chi connectivity index (χ4v) is 0.883. The average Bonchev–Trinajstić information content (AvgIpc) is 2.27. The van der Waals surface area contributed by atoms with Gasteiger partial charge in [-0.15, -0.1) is 11.5 Å². The Bertz CT molecular complexity index is 466. The molecule has 1 rings (SSSR count). The monoisotopic (exact) mass is 356 g/mol. The van der Waals surface area contributed by atoms with E-state index in [0.717, 1.165) is 12.2 Å². The number of carbonyl (C=O) groups excluding carboxylic acids is 2. The van der Waals surface area contributed by atoms with Crippen LogP contribution in [0.15, 0.2) is 42.1 Å². The van der Waals surface area contributed by atoms with Crippen LogP contribution in [0.1, 0.15) is 27.7 Å². The Balaban J connectivity index is -0.000000241. The van der Waals surface area contributed by atoms with Gasteiger partial charge in [0, 0.05) is 12.4 Å². The van der Waals surface area contributed by atoms with E-state index in [2.05, 4.69) is 9.97 Å². The number of aromatic nitrogens is 2. The summed E-state index contributed by atoms with van der Waals surface area (Å²) in [5.74, 6) is -0.428. The Labute approximate surface area is 140 Å². The molecule has 1 heterocycles. The van der Waals surface area contributed by atoms with Crippen LogP contribution in [0.2, 0.25) is 0 Å². The minimum atomic E-state index is -0.187. The molecular formula is C14H19CuN3O4. The average molecular weight is 357 g/mol. The molecule has 1 radical (unpaired) electrons. The summed E-state index contributed by atoms with van der Waals surface area (Å²) in [4.78, 5) is 27.2. The van der Waals surface area contributed by atoms with Crippen molar-refractivity contribution < 1.29 is 36.9 Å². The summed E-state index contributed by atoms with van der Waals surface area (Å²) >= 11 is 0. The maximum atomic E-state index is 9.98. The number of rotatable bonds is 2. The molecule has 1 aromatic heterocycles. The molecule has 0 amide bonds. The summed E-state index contributed by atoms with van der Waals surface area (Å²) in [7, 11) is 0. The largest absolute Gasteiger partial charge is 2.00 e. The van der Waals surface area contributed by atoms with Crippen LogP contribution in [0, 0.1) is 0 Å². The Morgan fingerprint density at radius 2 is 1.27 bits per heavy atom. The first-order valence-corrected chi connectivity index (χ1v) is 5.89. The molecule has 0 aliphatic heterocycles. The van der Waals surface area contributed by atoms with Crippen LogP contribution >= 0.6 is 0 Å². The fourth-order valence-electron chi connectivity index (χ4n) is 0.883. The number of ketones is 2. The van der Waals surface area contributed by atoms with Gasteiger partial charge in [0.25, 0.3) is 0 Å². The molecule has 0 spiro atoms. The summed E-state index contributed by atoms with van der Waals surface area (Å²) < 4.78 is 0. The van der Waals surface area contributed by atoms with Crippen LogP contribution in [-0.4, -0.2) is 21.5 Å². The molecule has 0 atom stereocenters. The molecule has 0 saturated carbocycles. The first kappa shape index (κ1) is 24.8. The second kappa shape index (κ2) is 15.2. The van der Waals surface area contributed by atoms with Crippen molar-refractivity contribution in [2.75, 3.05) is 5.73 Å². The van der Waals surface area contributed by atoms with Crippen molar-refractivity contribution in [1.29, 1.82) is 0 Å². The SMILES string of the molecule is CC(=O)/C=C(/C)[O-].CC(=O)/C=C(/C)[O-].Nc1ncccn1.[Cu+2]. The van der Waals surface area contributed by atoms with Crippen molar-refractivity contribution in [2.45, 2.75) is 27.7 Å². The van der Waals surface area contributed by atoms with Crippen LogP contribution in [0.4, 0.5) is 5.95 Å². The molecule has 2 N–H and O–H groups in total. The molecule has 7 nitrogen and oxygen atoms in total. The zero-order chi connectivity index (χ0) is 16.8. The Hall–Kier alpha value is -2.18. The van der Waals surface area contributed by atoms with Crippen molar-refractivity contribution in [1.82, 2.24) is 9.97 Å². The maximum Gasteiger partial charge on any atom is 2.00 e. The zero-order valence-electron chi connectivity index (χ0n) is 12.8. The molecule has 1 aromatic rings. The predicted octanol–water partition coefficient (Wildman–Crippen LogP) is -0.265. The summed E-state index contributed by atoms with van der Waals surface area (Å²) in [6.07, 6.45) is 5.31. The van der Waals surface area contributed by atoms with Gasteiger partial charge in [-0.2, -0.15) is 0 Å². The number of anilines is 1. The minimum absolute atomic E-state index is 0. The van der Waals surface area contributed by atoms with Crippen molar-refractivity contribution in [2.24, 2.45) is 0 Å². The van der Waals surface area contributed by atoms with Gasteiger partial charge >= 0.3 is 17.1 Å². The van der Waals surface area contributed by atoms with E-state index < -0.39 is 0 Å². The zero-order valence-corrected chi connectivity index (χ0v) is 13.7. The van der Waals surface area contributed by atoms with E-state index in [9.17, 15) is 19.8 Å². The molecule has 22 heavy (non-hydrogen) atoms. The Morgan fingerprint density at radius 1 is 0.955 bits per heavy atom. The predicted molar refractivity (Wildman–Crippen MR) is 75.3 cm³/mol. The molecule has 0 aliphatic carbocycles. The summed E-state index contributed by atoms with van der Waals surface area (Å²) in [5.41, 5.74) is 5.14. The van der Waals surface area contributed by atoms with E-state index in [1.165, 1.54) is 27.7 Å². The van der Waals surface area contributed by atoms with Crippen molar-refractivity contribution in [3.05, 3.63) is 42.1 Å². The van der Waals surface area contributed by atoms with Crippen LogP contribution < -0.4 is 15.9 Å². The summed E-state index contributed by atoms with van der Waals surface area (Å²) in [6.45, 7) is 5.39. The minimum Gasteiger partial charge on any atom is -0.876 e. The van der Waals surface area contributed by atoms with Crippen molar-refractivity contribution in [3.8, 4) is 0 Å². The number of hydrogen-bond donors (Lipinski definition) is 1. The Morgan fingerprint density at radius 3 is 1.36 bits per heavy atom. The van der Waals surface area contributed by atoms with E-state index in [-0.39, 0.29) is 40.2 Å². The quantitative estimate of drug-likeness (QED) is 0.438. The van der Waals surface area contributed by atoms with Crippen LogP contribution in [-0.2, 0) is 26.7 Å². The molecule has 0 aromatic carbocycles. The van der Waals surface area contributed by atoms with Crippen molar-refractivity contribution >= 4 is 17.5 Å². The second-order valence-corrected chi connectivity index (χ2v) is 3.84. The first-order chi connectivity index (χ1) is 9.65. The number of allylic oxidation sites excluding steroid dienone is 4. The van der Waals surface area contributed by atoms with Gasteiger partial charge in [0.15, 0.2) is 11.6 Å². The van der Waals surface area contributed by atoms with Crippen LogP contribution in [0.25, 0.3) is 0 Å². The van der Waals surface area contributed by atoms with Gasteiger partial charge < -0.3 is 15.9 Å². The maximum absolute atomic E-state index is 9.98. The molecular weight excluding hydrogens is 338 g/mol. The topological polar surface area (TPSA) is 132 Å². The third-order valence-corrected chi connectivity index (χ3v) is 1.40. The third kappa shape index (κ3) is 26.4. The molecule has 0 unspecified atom stereocenters. The molecule has 125 valence electrons. The molecule has 0 bridgehead atoms. The summed E-state index contributed by atoms with van der Waals surface area (Å²) in [5, 5.41) is 20.0. The van der Waals surface area contributed by atoms with Gasteiger partial charge in [-0.1, -0.05) is 13.8 Å². The number of nitrogens with two attached hydrogens (primary N) is 1. The van der Waals surface area contributed by atoms with Gasteiger partial charge in [-0.05, 0) is 32.1 Å². The van der Waals surface area contributed by atoms with Gasteiger partial charge in [-0.25, -0.2) is 9.97 Å². The van der Waals surface area contributed by atoms with Gasteiger partial charge in [0.1, 0.15) is 0 Å². The first-order valence-electron chi connectivity index (χ1n) is 5.89. The van der Waals surface area contributed by atoms with Crippen molar-refractivity contribution in [3.63, 3.8) is 0 Å². The smallest absolute Gasteiger partial charge is 0.876 e. The number of hydrogen-bond acceptors (Lipinski definition) is 7. The van der Waals surface area contributed by atoms with Gasteiger partial charge in [-0.3, -0.25) is 9.59 Å². The standard InChI is InChI=1S/2C5H8O2.C4H5N3.Cu/c2*1-4(6)3-5(2)7;5-4-6-2-1-3-7-4;/h2*3,6H,1-2H3;1-3H,(H2,5,6,7);/q;;;+2/p-2/b2*4-3-;;. The number of carbonyl (C=O) groups is 2. The molecule has 8 heteroatoms. The third-order valence-electron chi connectivity index (χ3n) is 1.40. The normalized spacial score (nSPS) is 10.0. The van der Waals surface area contributed by atoms with E-state index in [4.69, 9.17) is 5.73 Å². The van der Waals surface area contributed by atoms with E-state index >= 15 is 0 Å². The molecule has 0 saturated heterocycles. The van der Waals surface area contributed by atoms with E-state index in [1.807, 2.05) is 0 Å². The number of nitrogens with zero attached hydrogens (tertiary/aromatic N) is 2.